The lowest BCUT2D eigenvalue weighted by molar-refractivity contribution is 1.11. The number of halogens is 2. The molecule has 0 aliphatic heterocycles. The van der Waals surface area contributed by atoms with E-state index in [-0.39, 0.29) is 0 Å². The SMILES string of the molecule is Cc1cn2c(-c3ccccc3Cl)nnc2cc1Br. The Morgan fingerprint density at radius 2 is 2.00 bits per heavy atom. The molecule has 0 bridgehead atoms. The molecule has 0 fully saturated rings. The van der Waals surface area contributed by atoms with Crippen LogP contribution in [0.5, 0.6) is 0 Å². The molecule has 5 heteroatoms. The quantitative estimate of drug-likeness (QED) is 0.674. The standard InChI is InChI=1S/C13H9BrClN3/c1-8-7-18-12(6-10(8)14)16-17-13(18)9-4-2-3-5-11(9)15/h2-7H,1H3. The van der Waals surface area contributed by atoms with Crippen LogP contribution in [0.25, 0.3) is 17.0 Å². The average Bonchev–Trinajstić information content (AvgIpc) is 2.73. The Labute approximate surface area is 118 Å². The minimum atomic E-state index is 0.673. The van der Waals surface area contributed by atoms with Crippen molar-refractivity contribution in [2.75, 3.05) is 0 Å². The molecule has 0 amide bonds. The van der Waals surface area contributed by atoms with Gasteiger partial charge < -0.3 is 0 Å². The number of hydrogen-bond donors (Lipinski definition) is 0. The molecule has 3 nitrogen and oxygen atoms in total. The number of nitrogens with zero attached hydrogens (tertiary/aromatic N) is 3. The Balaban J connectivity index is 2.31. The third kappa shape index (κ3) is 1.82. The molecule has 2 heterocycles. The molecule has 0 N–H and O–H groups in total. The number of aromatic nitrogens is 3. The van der Waals surface area contributed by atoms with Crippen LogP contribution in [0.4, 0.5) is 0 Å². The molecular weight excluding hydrogens is 314 g/mol. The van der Waals surface area contributed by atoms with Crippen LogP contribution in [0.1, 0.15) is 5.56 Å². The van der Waals surface area contributed by atoms with E-state index in [2.05, 4.69) is 26.1 Å². The zero-order chi connectivity index (χ0) is 12.7. The van der Waals surface area contributed by atoms with Crippen LogP contribution in [0.15, 0.2) is 41.0 Å². The first-order valence-electron chi connectivity index (χ1n) is 5.42. The van der Waals surface area contributed by atoms with Crippen molar-refractivity contribution < 1.29 is 0 Å². The smallest absolute Gasteiger partial charge is 0.169 e. The summed E-state index contributed by atoms with van der Waals surface area (Å²) in [5, 5.41) is 9.05. The van der Waals surface area contributed by atoms with Crippen molar-refractivity contribution in [2.45, 2.75) is 6.92 Å². The van der Waals surface area contributed by atoms with Gasteiger partial charge in [-0.1, -0.05) is 39.7 Å². The van der Waals surface area contributed by atoms with Crippen molar-refractivity contribution in [3.63, 3.8) is 0 Å². The second-order valence-electron chi connectivity index (χ2n) is 4.04. The minimum Gasteiger partial charge on any atom is -0.282 e. The molecule has 1 aromatic carbocycles. The summed E-state index contributed by atoms with van der Waals surface area (Å²) in [6.45, 7) is 2.03. The van der Waals surface area contributed by atoms with E-state index < -0.39 is 0 Å². The fraction of sp³-hybridized carbons (Fsp3) is 0.0769. The molecule has 0 saturated heterocycles. The Morgan fingerprint density at radius 3 is 2.78 bits per heavy atom. The van der Waals surface area contributed by atoms with E-state index >= 15 is 0 Å². The Bertz CT molecular complexity index is 736. The third-order valence-electron chi connectivity index (χ3n) is 2.79. The van der Waals surface area contributed by atoms with Gasteiger partial charge in [0.1, 0.15) is 0 Å². The van der Waals surface area contributed by atoms with Crippen molar-refractivity contribution in [3.8, 4) is 11.4 Å². The zero-order valence-corrected chi connectivity index (χ0v) is 11.9. The lowest BCUT2D eigenvalue weighted by atomic mass is 10.2. The predicted octanol–water partition coefficient (Wildman–Crippen LogP) is 4.12. The largest absolute Gasteiger partial charge is 0.282 e. The maximum atomic E-state index is 6.20. The van der Waals surface area contributed by atoms with Gasteiger partial charge in [-0.2, -0.15) is 0 Å². The summed E-state index contributed by atoms with van der Waals surface area (Å²) < 4.78 is 2.97. The predicted molar refractivity (Wildman–Crippen MR) is 75.9 cm³/mol. The molecule has 0 aliphatic carbocycles. The third-order valence-corrected chi connectivity index (χ3v) is 3.98. The van der Waals surface area contributed by atoms with Crippen LogP contribution < -0.4 is 0 Å². The van der Waals surface area contributed by atoms with Gasteiger partial charge in [-0.25, -0.2) is 0 Å². The van der Waals surface area contributed by atoms with E-state index in [0.29, 0.717) is 5.02 Å². The fourth-order valence-corrected chi connectivity index (χ4v) is 2.37. The van der Waals surface area contributed by atoms with Crippen molar-refractivity contribution in [1.82, 2.24) is 14.6 Å². The van der Waals surface area contributed by atoms with Crippen molar-refractivity contribution >= 4 is 33.2 Å². The number of fused-ring (bicyclic) bond motifs is 1. The van der Waals surface area contributed by atoms with Gasteiger partial charge in [0.2, 0.25) is 0 Å². The second kappa shape index (κ2) is 4.37. The highest BCUT2D eigenvalue weighted by molar-refractivity contribution is 9.10. The molecule has 3 aromatic rings. The van der Waals surface area contributed by atoms with Gasteiger partial charge in [-0.15, -0.1) is 10.2 Å². The molecule has 0 saturated carbocycles. The molecular formula is C13H9BrClN3. The van der Waals surface area contributed by atoms with Gasteiger partial charge >= 0.3 is 0 Å². The highest BCUT2D eigenvalue weighted by Gasteiger charge is 2.11. The first-order valence-corrected chi connectivity index (χ1v) is 6.59. The van der Waals surface area contributed by atoms with Crippen LogP contribution >= 0.6 is 27.5 Å². The summed E-state index contributed by atoms with van der Waals surface area (Å²) in [5.74, 6) is 0.756. The molecule has 0 atom stereocenters. The van der Waals surface area contributed by atoms with Gasteiger partial charge in [0, 0.05) is 16.2 Å². The minimum absolute atomic E-state index is 0.673. The van der Waals surface area contributed by atoms with E-state index in [1.807, 2.05) is 47.9 Å². The average molecular weight is 323 g/mol. The van der Waals surface area contributed by atoms with Crippen molar-refractivity contribution in [3.05, 3.63) is 51.6 Å². The fourth-order valence-electron chi connectivity index (χ4n) is 1.84. The molecule has 0 radical (unpaired) electrons. The summed E-state index contributed by atoms with van der Waals surface area (Å²) in [4.78, 5) is 0. The highest BCUT2D eigenvalue weighted by Crippen LogP contribution is 2.27. The molecule has 90 valence electrons. The molecule has 18 heavy (non-hydrogen) atoms. The molecule has 3 rings (SSSR count). The lowest BCUT2D eigenvalue weighted by Crippen LogP contribution is -1.92. The summed E-state index contributed by atoms with van der Waals surface area (Å²) in [6.07, 6.45) is 2.00. The molecule has 0 spiro atoms. The summed E-state index contributed by atoms with van der Waals surface area (Å²) in [7, 11) is 0. The van der Waals surface area contributed by atoms with Crippen molar-refractivity contribution in [1.29, 1.82) is 0 Å². The number of hydrogen-bond acceptors (Lipinski definition) is 2. The van der Waals surface area contributed by atoms with E-state index in [9.17, 15) is 0 Å². The topological polar surface area (TPSA) is 30.2 Å². The number of aryl methyl sites for hydroxylation is 1. The van der Waals surface area contributed by atoms with E-state index in [4.69, 9.17) is 11.6 Å². The maximum absolute atomic E-state index is 6.20. The highest BCUT2D eigenvalue weighted by atomic mass is 79.9. The van der Waals surface area contributed by atoms with Crippen LogP contribution in [-0.2, 0) is 0 Å². The number of rotatable bonds is 1. The van der Waals surface area contributed by atoms with Crippen LogP contribution in [0, 0.1) is 6.92 Å². The number of pyridine rings is 1. The van der Waals surface area contributed by atoms with Gasteiger partial charge in [0.15, 0.2) is 11.5 Å². The zero-order valence-electron chi connectivity index (χ0n) is 9.56. The lowest BCUT2D eigenvalue weighted by Gasteiger charge is -2.04. The van der Waals surface area contributed by atoms with Crippen LogP contribution in [0.2, 0.25) is 5.02 Å². The molecule has 0 aliphatic rings. The Morgan fingerprint density at radius 1 is 1.22 bits per heavy atom. The molecule has 2 aromatic heterocycles. The van der Waals surface area contributed by atoms with E-state index in [1.54, 1.807) is 0 Å². The van der Waals surface area contributed by atoms with Gasteiger partial charge in [-0.3, -0.25) is 4.40 Å². The first-order chi connectivity index (χ1) is 8.66. The van der Waals surface area contributed by atoms with Gasteiger partial charge in [0.25, 0.3) is 0 Å². The normalized spacial score (nSPS) is 11.1. The monoisotopic (exact) mass is 321 g/mol. The number of benzene rings is 1. The van der Waals surface area contributed by atoms with Crippen LogP contribution in [-0.4, -0.2) is 14.6 Å². The second-order valence-corrected chi connectivity index (χ2v) is 5.30. The summed E-state index contributed by atoms with van der Waals surface area (Å²) in [5.41, 5.74) is 2.80. The molecule has 0 unspecified atom stereocenters. The van der Waals surface area contributed by atoms with Crippen molar-refractivity contribution in [2.24, 2.45) is 0 Å². The van der Waals surface area contributed by atoms with Gasteiger partial charge in [-0.05, 0) is 30.7 Å². The Kier molecular flexibility index (Phi) is 2.84. The summed E-state index contributed by atoms with van der Waals surface area (Å²) >= 11 is 9.69. The van der Waals surface area contributed by atoms with Gasteiger partial charge in [0.05, 0.1) is 5.02 Å². The maximum Gasteiger partial charge on any atom is 0.169 e. The Hall–Kier alpha value is -1.39. The van der Waals surface area contributed by atoms with E-state index in [1.165, 1.54) is 0 Å². The first kappa shape index (κ1) is 11.7. The summed E-state index contributed by atoms with van der Waals surface area (Å²) in [6, 6.07) is 9.58. The van der Waals surface area contributed by atoms with Crippen LogP contribution in [0.3, 0.4) is 0 Å². The van der Waals surface area contributed by atoms with E-state index in [0.717, 1.165) is 27.1 Å².